The minimum Gasteiger partial charge on any atom is -0.221 e. The normalized spacial score (nSPS) is 12.8. The van der Waals surface area contributed by atoms with E-state index in [-0.39, 0.29) is 0 Å². The van der Waals surface area contributed by atoms with Crippen LogP contribution in [0, 0.1) is 5.92 Å². The maximum Gasteiger partial charge on any atom is 0.265 e. The Morgan fingerprint density at radius 3 is 1.75 bits per heavy atom. The molecule has 0 saturated heterocycles. The van der Waals surface area contributed by atoms with Crippen molar-refractivity contribution in [3.8, 4) is 0 Å². The zero-order valence-electron chi connectivity index (χ0n) is 5.63. The second-order valence-corrected chi connectivity index (χ2v) is 5.21. The first-order chi connectivity index (χ1) is 3.42. The van der Waals surface area contributed by atoms with Crippen LogP contribution in [0.25, 0.3) is 0 Å². The zero-order valence-corrected chi connectivity index (χ0v) is 6.52. The van der Waals surface area contributed by atoms with Gasteiger partial charge in [-0.15, -0.1) is 0 Å². The summed E-state index contributed by atoms with van der Waals surface area (Å²) in [6, 6.07) is 0. The van der Waals surface area contributed by atoms with E-state index >= 15 is 0 Å². The first kappa shape index (κ1) is 8.35. The molecule has 0 aliphatic heterocycles. The van der Waals surface area contributed by atoms with Crippen molar-refractivity contribution in [1.29, 1.82) is 0 Å². The highest BCUT2D eigenvalue weighted by molar-refractivity contribution is 7.63. The van der Waals surface area contributed by atoms with Crippen LogP contribution in [0.15, 0.2) is 0 Å². The van der Waals surface area contributed by atoms with Crippen molar-refractivity contribution in [1.82, 2.24) is 0 Å². The molecular formula is C5H14O2P+. The van der Waals surface area contributed by atoms with E-state index in [4.69, 9.17) is 9.79 Å². The van der Waals surface area contributed by atoms with E-state index in [9.17, 15) is 0 Å². The molecule has 0 aliphatic carbocycles. The predicted molar refractivity (Wildman–Crippen MR) is 37.0 cm³/mol. The van der Waals surface area contributed by atoms with Gasteiger partial charge >= 0.3 is 0 Å². The first-order valence-electron chi connectivity index (χ1n) is 2.73. The van der Waals surface area contributed by atoms with Crippen LogP contribution < -0.4 is 0 Å². The highest BCUT2D eigenvalue weighted by Crippen LogP contribution is 2.46. The van der Waals surface area contributed by atoms with Gasteiger partial charge in [0.1, 0.15) is 12.8 Å². The largest absolute Gasteiger partial charge is 0.265 e. The lowest BCUT2D eigenvalue weighted by molar-refractivity contribution is 0.447. The van der Waals surface area contributed by atoms with Crippen molar-refractivity contribution in [2.45, 2.75) is 13.8 Å². The number of hydrogen-bond donors (Lipinski definition) is 2. The van der Waals surface area contributed by atoms with Crippen LogP contribution in [0.3, 0.4) is 0 Å². The molecule has 0 fully saturated rings. The summed E-state index contributed by atoms with van der Waals surface area (Å²) in [5, 5.41) is 0. The lowest BCUT2D eigenvalue weighted by Gasteiger charge is -2.07. The van der Waals surface area contributed by atoms with Crippen LogP contribution >= 0.6 is 7.72 Å². The molecule has 0 rings (SSSR count). The molecule has 0 heterocycles. The Morgan fingerprint density at radius 2 is 1.75 bits per heavy atom. The standard InChI is InChI=1S/C5H14O2P/c1-5(2)4-8(3,6)7/h5-7H,4H2,1-3H3/q+1. The average molecular weight is 137 g/mol. The molecule has 0 aromatic heterocycles. The van der Waals surface area contributed by atoms with Crippen molar-refractivity contribution in [2.75, 3.05) is 12.8 Å². The fourth-order valence-electron chi connectivity index (χ4n) is 0.692. The predicted octanol–water partition coefficient (Wildman–Crippen LogP) is 1.10. The minimum atomic E-state index is -2.47. The highest BCUT2D eigenvalue weighted by atomic mass is 31.2. The van der Waals surface area contributed by atoms with Gasteiger partial charge in [0, 0.05) is 0 Å². The van der Waals surface area contributed by atoms with Gasteiger partial charge in [-0.2, -0.15) is 0 Å². The van der Waals surface area contributed by atoms with Crippen LogP contribution in [0.5, 0.6) is 0 Å². The Bertz CT molecular complexity index is 65.3. The molecule has 0 saturated carbocycles. The summed E-state index contributed by atoms with van der Waals surface area (Å²) in [6.45, 7) is 5.46. The summed E-state index contributed by atoms with van der Waals surface area (Å²) in [5.74, 6) is 0.392. The molecule has 0 unspecified atom stereocenters. The highest BCUT2D eigenvalue weighted by Gasteiger charge is 2.25. The summed E-state index contributed by atoms with van der Waals surface area (Å²) >= 11 is 0. The van der Waals surface area contributed by atoms with Crippen LogP contribution in [-0.4, -0.2) is 22.6 Å². The number of rotatable bonds is 2. The van der Waals surface area contributed by atoms with E-state index in [2.05, 4.69) is 0 Å². The van der Waals surface area contributed by atoms with Gasteiger partial charge in [0.25, 0.3) is 7.72 Å². The van der Waals surface area contributed by atoms with Crippen molar-refractivity contribution < 1.29 is 9.79 Å². The van der Waals surface area contributed by atoms with Crippen LogP contribution in [0.4, 0.5) is 0 Å². The molecule has 0 bridgehead atoms. The quantitative estimate of drug-likeness (QED) is 0.559. The fourth-order valence-corrected chi connectivity index (χ4v) is 2.08. The summed E-state index contributed by atoms with van der Waals surface area (Å²) in [7, 11) is -2.47. The van der Waals surface area contributed by atoms with Crippen molar-refractivity contribution in [2.24, 2.45) is 5.92 Å². The van der Waals surface area contributed by atoms with Gasteiger partial charge in [-0.3, -0.25) is 0 Å². The Balaban J connectivity index is 3.39. The van der Waals surface area contributed by atoms with E-state index < -0.39 is 7.72 Å². The van der Waals surface area contributed by atoms with E-state index in [1.165, 1.54) is 6.66 Å². The minimum absolute atomic E-state index is 0.392. The van der Waals surface area contributed by atoms with Gasteiger partial charge in [0.15, 0.2) is 0 Å². The lowest BCUT2D eigenvalue weighted by Crippen LogP contribution is -2.00. The maximum atomic E-state index is 8.85. The third kappa shape index (κ3) is 6.35. The topological polar surface area (TPSA) is 40.5 Å². The van der Waals surface area contributed by atoms with E-state index in [1.54, 1.807) is 0 Å². The molecule has 0 atom stereocenters. The summed E-state index contributed by atoms with van der Waals surface area (Å²) < 4.78 is 0. The van der Waals surface area contributed by atoms with E-state index in [1.807, 2.05) is 13.8 Å². The van der Waals surface area contributed by atoms with Gasteiger partial charge in [-0.1, -0.05) is 13.8 Å². The van der Waals surface area contributed by atoms with Gasteiger partial charge in [-0.05, 0) is 5.92 Å². The molecule has 8 heavy (non-hydrogen) atoms. The molecule has 2 N–H and O–H groups in total. The Morgan fingerprint density at radius 1 is 1.38 bits per heavy atom. The van der Waals surface area contributed by atoms with Gasteiger partial charge in [0.2, 0.25) is 0 Å². The third-order valence-electron chi connectivity index (χ3n) is 0.711. The molecule has 50 valence electrons. The number of hydrogen-bond acceptors (Lipinski definition) is 2. The summed E-state index contributed by atoms with van der Waals surface area (Å²) in [4.78, 5) is 17.7. The molecule has 0 aromatic rings. The monoisotopic (exact) mass is 137 g/mol. The van der Waals surface area contributed by atoms with Crippen molar-refractivity contribution in [3.63, 3.8) is 0 Å². The molecule has 3 heteroatoms. The smallest absolute Gasteiger partial charge is 0.221 e. The molecule has 2 nitrogen and oxygen atoms in total. The Hall–Kier alpha value is 0.350. The van der Waals surface area contributed by atoms with Crippen molar-refractivity contribution in [3.05, 3.63) is 0 Å². The molecule has 0 aliphatic rings. The van der Waals surface area contributed by atoms with Crippen molar-refractivity contribution >= 4 is 7.72 Å². The second-order valence-electron chi connectivity index (χ2n) is 2.66. The fraction of sp³-hybridized carbons (Fsp3) is 1.00. The first-order valence-corrected chi connectivity index (χ1v) is 5.05. The molecular weight excluding hydrogens is 123 g/mol. The second kappa shape index (κ2) is 2.77. The van der Waals surface area contributed by atoms with Gasteiger partial charge < -0.3 is 0 Å². The van der Waals surface area contributed by atoms with Gasteiger partial charge in [-0.25, -0.2) is 9.79 Å². The Labute approximate surface area is 51.0 Å². The van der Waals surface area contributed by atoms with Crippen LogP contribution in [0.2, 0.25) is 0 Å². The molecule has 0 radical (unpaired) electrons. The summed E-state index contributed by atoms with van der Waals surface area (Å²) in [6.07, 6.45) is 0.549. The van der Waals surface area contributed by atoms with Crippen LogP contribution in [0.1, 0.15) is 13.8 Å². The van der Waals surface area contributed by atoms with Gasteiger partial charge in [0.05, 0.1) is 0 Å². The summed E-state index contributed by atoms with van der Waals surface area (Å²) in [5.41, 5.74) is 0. The molecule has 0 aromatic carbocycles. The maximum absolute atomic E-state index is 8.85. The Kier molecular flexibility index (Phi) is 2.89. The SMILES string of the molecule is CC(C)C[P+](C)(O)O. The van der Waals surface area contributed by atoms with E-state index in [0.29, 0.717) is 12.1 Å². The average Bonchev–Trinajstić information content (AvgIpc) is 1.21. The zero-order chi connectivity index (χ0) is 6.78. The molecule has 0 amide bonds. The lowest BCUT2D eigenvalue weighted by atomic mass is 10.3. The third-order valence-corrected chi connectivity index (χ3v) is 2.13. The van der Waals surface area contributed by atoms with Crippen LogP contribution in [-0.2, 0) is 0 Å². The van der Waals surface area contributed by atoms with E-state index in [0.717, 1.165) is 0 Å². The molecule has 0 spiro atoms.